The van der Waals surface area contributed by atoms with Crippen LogP contribution in [0.1, 0.15) is 18.4 Å². The lowest BCUT2D eigenvalue weighted by atomic mass is 10.2. The molecule has 0 spiro atoms. The second kappa shape index (κ2) is 5.61. The van der Waals surface area contributed by atoms with Crippen molar-refractivity contribution in [2.75, 3.05) is 18.4 Å². The largest absolute Gasteiger partial charge is 0.327 e. The molecule has 1 aliphatic heterocycles. The number of amides is 4. The zero-order chi connectivity index (χ0) is 15.9. The Hall–Kier alpha value is -2.08. The predicted octanol–water partition coefficient (Wildman–Crippen LogP) is 2.01. The summed E-state index contributed by atoms with van der Waals surface area (Å²) in [6.07, 6.45) is 1.86. The topological polar surface area (TPSA) is 69.7 Å². The first kappa shape index (κ1) is 14.8. The average molecular weight is 322 g/mol. The third kappa shape index (κ3) is 2.92. The number of benzene rings is 1. The Balaban J connectivity index is 1.64. The first-order chi connectivity index (χ1) is 10.5. The zero-order valence-electron chi connectivity index (χ0n) is 12.1. The number of anilines is 1. The number of aryl methyl sites for hydroxylation is 1. The van der Waals surface area contributed by atoms with Crippen LogP contribution in [-0.2, 0) is 9.59 Å². The van der Waals surface area contributed by atoms with Crippen LogP contribution < -0.4 is 5.32 Å². The number of nitrogens with zero attached hydrogens (tertiary/aromatic N) is 2. The molecule has 1 heterocycles. The van der Waals surface area contributed by atoms with Crippen LogP contribution in [0.25, 0.3) is 0 Å². The minimum atomic E-state index is -0.440. The number of urea groups is 1. The van der Waals surface area contributed by atoms with Crippen LogP contribution in [0.15, 0.2) is 18.2 Å². The van der Waals surface area contributed by atoms with E-state index in [1.54, 1.807) is 12.1 Å². The van der Waals surface area contributed by atoms with E-state index < -0.39 is 5.91 Å². The quantitative estimate of drug-likeness (QED) is 0.862. The van der Waals surface area contributed by atoms with Crippen LogP contribution in [0.3, 0.4) is 0 Å². The van der Waals surface area contributed by atoms with Crippen LogP contribution in [0.4, 0.5) is 10.5 Å². The summed E-state index contributed by atoms with van der Waals surface area (Å²) in [4.78, 5) is 38.6. The fraction of sp³-hybridized carbons (Fsp3) is 0.400. The van der Waals surface area contributed by atoms with Crippen LogP contribution in [-0.4, -0.2) is 46.8 Å². The molecule has 1 aromatic carbocycles. The molecular weight excluding hydrogens is 306 g/mol. The Morgan fingerprint density at radius 1 is 1.36 bits per heavy atom. The maximum Gasteiger partial charge on any atom is 0.327 e. The molecule has 4 amide bonds. The van der Waals surface area contributed by atoms with E-state index in [-0.39, 0.29) is 31.1 Å². The average Bonchev–Trinajstić information content (AvgIpc) is 3.25. The summed E-state index contributed by atoms with van der Waals surface area (Å²) in [6, 6.07) is 5.04. The van der Waals surface area contributed by atoms with Gasteiger partial charge in [0.15, 0.2) is 0 Å². The van der Waals surface area contributed by atoms with Gasteiger partial charge in [-0.15, -0.1) is 0 Å². The van der Waals surface area contributed by atoms with E-state index in [9.17, 15) is 14.4 Å². The predicted molar refractivity (Wildman–Crippen MR) is 81.7 cm³/mol. The lowest BCUT2D eigenvalue weighted by molar-refractivity contribution is -0.129. The van der Waals surface area contributed by atoms with Gasteiger partial charge >= 0.3 is 6.03 Å². The highest BCUT2D eigenvalue weighted by Crippen LogP contribution is 2.30. The van der Waals surface area contributed by atoms with E-state index in [0.29, 0.717) is 10.7 Å². The lowest BCUT2D eigenvalue weighted by Crippen LogP contribution is -2.39. The molecular formula is C15H16ClN3O3. The second-order valence-electron chi connectivity index (χ2n) is 5.65. The number of nitrogens with one attached hydrogen (secondary N) is 1. The molecule has 1 saturated heterocycles. The summed E-state index contributed by atoms with van der Waals surface area (Å²) < 4.78 is 0. The first-order valence-corrected chi connectivity index (χ1v) is 7.50. The molecule has 1 saturated carbocycles. The lowest BCUT2D eigenvalue weighted by Gasteiger charge is -2.16. The normalized spacial score (nSPS) is 18.1. The van der Waals surface area contributed by atoms with Crippen LogP contribution >= 0.6 is 11.6 Å². The highest BCUT2D eigenvalue weighted by Gasteiger charge is 2.44. The second-order valence-corrected chi connectivity index (χ2v) is 6.06. The summed E-state index contributed by atoms with van der Waals surface area (Å²) in [5.74, 6) is -0.771. The maximum absolute atomic E-state index is 12.1. The van der Waals surface area contributed by atoms with Gasteiger partial charge < -0.3 is 10.2 Å². The Bertz CT molecular complexity index is 657. The molecule has 3 rings (SSSR count). The van der Waals surface area contributed by atoms with Gasteiger partial charge in [-0.1, -0.05) is 17.7 Å². The molecule has 7 heteroatoms. The number of imide groups is 1. The highest BCUT2D eigenvalue weighted by molar-refractivity contribution is 6.33. The smallest absolute Gasteiger partial charge is 0.323 e. The van der Waals surface area contributed by atoms with Gasteiger partial charge in [0.1, 0.15) is 13.1 Å². The van der Waals surface area contributed by atoms with Crippen molar-refractivity contribution in [1.82, 2.24) is 9.80 Å². The maximum atomic E-state index is 12.1. The highest BCUT2D eigenvalue weighted by atomic mass is 35.5. The van der Waals surface area contributed by atoms with Gasteiger partial charge in [0.05, 0.1) is 10.7 Å². The van der Waals surface area contributed by atoms with E-state index in [0.717, 1.165) is 23.3 Å². The Morgan fingerprint density at radius 2 is 2.09 bits per heavy atom. The van der Waals surface area contributed by atoms with Crippen molar-refractivity contribution in [3.63, 3.8) is 0 Å². The minimum Gasteiger partial charge on any atom is -0.323 e. The Kier molecular flexibility index (Phi) is 3.78. The van der Waals surface area contributed by atoms with Crippen LogP contribution in [0.5, 0.6) is 0 Å². The molecule has 0 aromatic heterocycles. The summed E-state index contributed by atoms with van der Waals surface area (Å²) in [5, 5.41) is 3.05. The first-order valence-electron chi connectivity index (χ1n) is 7.12. The van der Waals surface area contributed by atoms with Gasteiger partial charge in [-0.25, -0.2) is 4.79 Å². The number of rotatable bonds is 4. The van der Waals surface area contributed by atoms with Gasteiger partial charge in [-0.2, -0.15) is 0 Å². The van der Waals surface area contributed by atoms with Crippen molar-refractivity contribution in [2.45, 2.75) is 25.8 Å². The number of carbonyl (C=O) groups is 3. The van der Waals surface area contributed by atoms with Crippen LogP contribution in [0.2, 0.25) is 5.02 Å². The van der Waals surface area contributed by atoms with Crippen LogP contribution in [0, 0.1) is 6.92 Å². The van der Waals surface area contributed by atoms with Gasteiger partial charge in [-0.05, 0) is 37.5 Å². The van der Waals surface area contributed by atoms with E-state index in [2.05, 4.69) is 5.32 Å². The van der Waals surface area contributed by atoms with Crippen molar-refractivity contribution in [1.29, 1.82) is 0 Å². The summed E-state index contributed by atoms with van der Waals surface area (Å²) in [6.45, 7) is 1.68. The van der Waals surface area contributed by atoms with Crippen molar-refractivity contribution >= 4 is 35.1 Å². The van der Waals surface area contributed by atoms with Crippen molar-refractivity contribution in [3.8, 4) is 0 Å². The van der Waals surface area contributed by atoms with Crippen molar-refractivity contribution in [2.24, 2.45) is 0 Å². The fourth-order valence-corrected chi connectivity index (χ4v) is 2.72. The summed E-state index contributed by atoms with van der Waals surface area (Å²) in [7, 11) is 0. The SMILES string of the molecule is Cc1ccc(NC(=O)CN2C(=O)CN(C3CC3)C2=O)c(Cl)c1. The number of hydrogen-bond acceptors (Lipinski definition) is 3. The van der Waals surface area contributed by atoms with Crippen molar-refractivity contribution in [3.05, 3.63) is 28.8 Å². The molecule has 6 nitrogen and oxygen atoms in total. The summed E-state index contributed by atoms with van der Waals surface area (Å²) >= 11 is 6.05. The monoisotopic (exact) mass is 321 g/mol. The van der Waals surface area contributed by atoms with Crippen molar-refractivity contribution < 1.29 is 14.4 Å². The molecule has 0 atom stereocenters. The minimum absolute atomic E-state index is 0.0715. The molecule has 2 fully saturated rings. The molecule has 0 radical (unpaired) electrons. The Labute approximate surface area is 133 Å². The van der Waals surface area contributed by atoms with Gasteiger partial charge in [0.25, 0.3) is 5.91 Å². The molecule has 1 N–H and O–H groups in total. The van der Waals surface area contributed by atoms with E-state index >= 15 is 0 Å². The molecule has 0 bridgehead atoms. The molecule has 1 aliphatic carbocycles. The molecule has 2 aliphatic rings. The molecule has 1 aromatic rings. The fourth-order valence-electron chi connectivity index (χ4n) is 2.44. The summed E-state index contributed by atoms with van der Waals surface area (Å²) in [5.41, 5.74) is 1.45. The molecule has 116 valence electrons. The van der Waals surface area contributed by atoms with E-state index in [1.807, 2.05) is 13.0 Å². The third-order valence-electron chi connectivity index (χ3n) is 3.77. The third-order valence-corrected chi connectivity index (χ3v) is 4.08. The van der Waals surface area contributed by atoms with Gasteiger partial charge in [0.2, 0.25) is 5.91 Å². The van der Waals surface area contributed by atoms with E-state index in [4.69, 9.17) is 11.6 Å². The number of hydrogen-bond donors (Lipinski definition) is 1. The van der Waals surface area contributed by atoms with Gasteiger partial charge in [-0.3, -0.25) is 14.5 Å². The molecule has 22 heavy (non-hydrogen) atoms. The molecule has 0 unspecified atom stereocenters. The standard InChI is InChI=1S/C15H16ClN3O3/c1-9-2-5-12(11(16)6-9)17-13(20)7-19-14(21)8-18(15(19)22)10-3-4-10/h2,5-6,10H,3-4,7-8H2,1H3,(H,17,20). The zero-order valence-corrected chi connectivity index (χ0v) is 12.9. The van der Waals surface area contributed by atoms with Gasteiger partial charge in [0, 0.05) is 6.04 Å². The Morgan fingerprint density at radius 3 is 2.73 bits per heavy atom. The number of halogens is 1. The number of carbonyl (C=O) groups excluding carboxylic acids is 3. The van der Waals surface area contributed by atoms with E-state index in [1.165, 1.54) is 4.90 Å².